The van der Waals surface area contributed by atoms with Gasteiger partial charge in [-0.1, -0.05) is 6.92 Å². The van der Waals surface area contributed by atoms with Crippen LogP contribution in [0.3, 0.4) is 0 Å². The van der Waals surface area contributed by atoms with Crippen LogP contribution in [-0.4, -0.2) is 9.97 Å². The molecule has 11 heavy (non-hydrogen) atoms. The molecule has 0 aliphatic heterocycles. The van der Waals surface area contributed by atoms with E-state index in [1.807, 2.05) is 0 Å². The normalized spacial score (nSPS) is 17.2. The zero-order chi connectivity index (χ0) is 7.84. The molecule has 1 heterocycles. The third-order valence-electron chi connectivity index (χ3n) is 2.15. The largest absolute Gasteiger partial charge is 0.369 e. The van der Waals surface area contributed by atoms with E-state index in [0.717, 1.165) is 6.42 Å². The molecule has 0 bridgehead atoms. The Balaban J connectivity index is 2.34. The number of nitrogens with one attached hydrogen (secondary N) is 1. The van der Waals surface area contributed by atoms with Gasteiger partial charge in [-0.15, -0.1) is 0 Å². The second kappa shape index (κ2) is 2.26. The molecule has 0 unspecified atom stereocenters. The molecule has 1 aromatic heterocycles. The molecule has 60 valence electrons. The fraction of sp³-hybridized carbons (Fsp3) is 0.625. The quantitative estimate of drug-likeness (QED) is 0.671. The van der Waals surface area contributed by atoms with Crippen LogP contribution in [0.2, 0.25) is 0 Å². The van der Waals surface area contributed by atoms with E-state index in [1.54, 1.807) is 0 Å². The lowest BCUT2D eigenvalue weighted by Crippen LogP contribution is -1.87. The third kappa shape index (κ3) is 1.11. The number of nitrogen functional groups attached to an aromatic ring is 1. The molecule has 1 aliphatic rings. The van der Waals surface area contributed by atoms with Crippen molar-refractivity contribution in [1.82, 2.24) is 9.97 Å². The van der Waals surface area contributed by atoms with Crippen molar-refractivity contribution in [1.29, 1.82) is 0 Å². The SMILES string of the molecule is CCc1[nH]c(N)nc1C1CC1. The summed E-state index contributed by atoms with van der Waals surface area (Å²) >= 11 is 0. The van der Waals surface area contributed by atoms with Crippen LogP contribution in [0.25, 0.3) is 0 Å². The van der Waals surface area contributed by atoms with Gasteiger partial charge in [0, 0.05) is 11.6 Å². The molecule has 1 fully saturated rings. The number of hydrogen-bond donors (Lipinski definition) is 2. The van der Waals surface area contributed by atoms with E-state index in [4.69, 9.17) is 5.73 Å². The second-order valence-corrected chi connectivity index (χ2v) is 3.11. The van der Waals surface area contributed by atoms with Crippen LogP contribution in [0.4, 0.5) is 5.95 Å². The van der Waals surface area contributed by atoms with Gasteiger partial charge in [-0.3, -0.25) is 0 Å². The molecule has 1 saturated carbocycles. The molecule has 0 aromatic carbocycles. The molecular formula is C8H13N3. The van der Waals surface area contributed by atoms with E-state index in [1.165, 1.54) is 24.2 Å². The van der Waals surface area contributed by atoms with Gasteiger partial charge in [-0.05, 0) is 19.3 Å². The summed E-state index contributed by atoms with van der Waals surface area (Å²) < 4.78 is 0. The minimum Gasteiger partial charge on any atom is -0.369 e. The fourth-order valence-electron chi connectivity index (χ4n) is 1.41. The highest BCUT2D eigenvalue weighted by atomic mass is 15.0. The number of aromatic nitrogens is 2. The molecule has 2 rings (SSSR count). The lowest BCUT2D eigenvalue weighted by Gasteiger charge is -1.93. The minimum absolute atomic E-state index is 0.573. The van der Waals surface area contributed by atoms with Crippen molar-refractivity contribution < 1.29 is 0 Å². The van der Waals surface area contributed by atoms with Crippen molar-refractivity contribution in [2.24, 2.45) is 0 Å². The van der Waals surface area contributed by atoms with Gasteiger partial charge in [0.2, 0.25) is 0 Å². The van der Waals surface area contributed by atoms with Crippen molar-refractivity contribution in [2.45, 2.75) is 32.1 Å². The standard InChI is InChI=1S/C8H13N3/c1-2-6-7(5-3-4-5)11-8(9)10-6/h5H,2-4H2,1H3,(H3,9,10,11). The number of imidazole rings is 1. The average Bonchev–Trinajstić information content (AvgIpc) is 2.75. The van der Waals surface area contributed by atoms with Crippen LogP contribution in [0.15, 0.2) is 0 Å². The molecule has 1 aromatic rings. The number of nitrogens with two attached hydrogens (primary N) is 1. The van der Waals surface area contributed by atoms with Gasteiger partial charge in [-0.25, -0.2) is 4.98 Å². The summed E-state index contributed by atoms with van der Waals surface area (Å²) in [5.74, 6) is 1.28. The van der Waals surface area contributed by atoms with Crippen LogP contribution in [0, 0.1) is 0 Å². The first-order chi connectivity index (χ1) is 5.31. The van der Waals surface area contributed by atoms with Crippen molar-refractivity contribution in [3.8, 4) is 0 Å². The van der Waals surface area contributed by atoms with Crippen LogP contribution >= 0.6 is 0 Å². The topological polar surface area (TPSA) is 54.7 Å². The van der Waals surface area contributed by atoms with Crippen LogP contribution in [0.1, 0.15) is 37.1 Å². The number of aromatic amines is 1. The summed E-state index contributed by atoms with van der Waals surface area (Å²) in [5.41, 5.74) is 7.99. The van der Waals surface area contributed by atoms with E-state index in [2.05, 4.69) is 16.9 Å². The van der Waals surface area contributed by atoms with E-state index < -0.39 is 0 Å². The summed E-state index contributed by atoms with van der Waals surface area (Å²) in [5, 5.41) is 0. The molecule has 3 nitrogen and oxygen atoms in total. The number of rotatable bonds is 2. The van der Waals surface area contributed by atoms with E-state index in [9.17, 15) is 0 Å². The van der Waals surface area contributed by atoms with E-state index >= 15 is 0 Å². The first-order valence-corrected chi connectivity index (χ1v) is 4.15. The number of anilines is 1. The van der Waals surface area contributed by atoms with Crippen molar-refractivity contribution >= 4 is 5.95 Å². The van der Waals surface area contributed by atoms with Crippen molar-refractivity contribution in [2.75, 3.05) is 5.73 Å². The average molecular weight is 151 g/mol. The summed E-state index contributed by atoms with van der Waals surface area (Å²) in [4.78, 5) is 7.35. The Morgan fingerprint density at radius 1 is 1.64 bits per heavy atom. The first kappa shape index (κ1) is 6.70. The molecule has 0 amide bonds. The van der Waals surface area contributed by atoms with Crippen LogP contribution < -0.4 is 5.73 Å². The van der Waals surface area contributed by atoms with Crippen molar-refractivity contribution in [3.05, 3.63) is 11.4 Å². The molecule has 0 saturated heterocycles. The number of nitrogens with zero attached hydrogens (tertiary/aromatic N) is 1. The molecule has 1 aliphatic carbocycles. The van der Waals surface area contributed by atoms with E-state index in [0.29, 0.717) is 11.9 Å². The zero-order valence-electron chi connectivity index (χ0n) is 6.72. The molecule has 0 radical (unpaired) electrons. The highest BCUT2D eigenvalue weighted by Gasteiger charge is 2.28. The molecule has 3 heteroatoms. The van der Waals surface area contributed by atoms with Gasteiger partial charge in [0.15, 0.2) is 5.95 Å². The lowest BCUT2D eigenvalue weighted by atomic mass is 10.2. The van der Waals surface area contributed by atoms with Gasteiger partial charge in [0.1, 0.15) is 0 Å². The summed E-state index contributed by atoms with van der Waals surface area (Å²) in [6.45, 7) is 2.12. The maximum atomic E-state index is 5.55. The number of H-pyrrole nitrogens is 1. The minimum atomic E-state index is 0.573. The first-order valence-electron chi connectivity index (χ1n) is 4.15. The van der Waals surface area contributed by atoms with Gasteiger partial charge in [-0.2, -0.15) is 0 Å². The van der Waals surface area contributed by atoms with Gasteiger partial charge in [0.25, 0.3) is 0 Å². The Kier molecular flexibility index (Phi) is 1.37. The lowest BCUT2D eigenvalue weighted by molar-refractivity contribution is 0.969. The van der Waals surface area contributed by atoms with Gasteiger partial charge in [0.05, 0.1) is 5.69 Å². The van der Waals surface area contributed by atoms with Crippen LogP contribution in [-0.2, 0) is 6.42 Å². The Morgan fingerprint density at radius 3 is 2.91 bits per heavy atom. The Morgan fingerprint density at radius 2 is 2.36 bits per heavy atom. The Labute approximate surface area is 66.0 Å². The monoisotopic (exact) mass is 151 g/mol. The molecule has 0 atom stereocenters. The fourth-order valence-corrected chi connectivity index (χ4v) is 1.41. The van der Waals surface area contributed by atoms with Gasteiger partial charge < -0.3 is 10.7 Å². The highest BCUT2D eigenvalue weighted by Crippen LogP contribution is 2.40. The summed E-state index contributed by atoms with van der Waals surface area (Å²) in [7, 11) is 0. The molecular weight excluding hydrogens is 138 g/mol. The maximum Gasteiger partial charge on any atom is 0.197 e. The number of hydrogen-bond acceptors (Lipinski definition) is 2. The zero-order valence-corrected chi connectivity index (χ0v) is 6.72. The maximum absolute atomic E-state index is 5.55. The smallest absolute Gasteiger partial charge is 0.197 e. The van der Waals surface area contributed by atoms with E-state index in [-0.39, 0.29) is 0 Å². The van der Waals surface area contributed by atoms with Crippen molar-refractivity contribution in [3.63, 3.8) is 0 Å². The Hall–Kier alpha value is -0.990. The molecule has 0 spiro atoms. The summed E-state index contributed by atoms with van der Waals surface area (Å²) in [6.07, 6.45) is 3.59. The molecule has 3 N–H and O–H groups in total. The summed E-state index contributed by atoms with van der Waals surface area (Å²) in [6, 6.07) is 0. The predicted molar refractivity (Wildman–Crippen MR) is 44.4 cm³/mol. The highest BCUT2D eigenvalue weighted by molar-refractivity contribution is 5.30. The third-order valence-corrected chi connectivity index (χ3v) is 2.15. The van der Waals surface area contributed by atoms with Gasteiger partial charge >= 0.3 is 0 Å². The Bertz CT molecular complexity index is 260. The number of aryl methyl sites for hydroxylation is 1. The second-order valence-electron chi connectivity index (χ2n) is 3.11. The van der Waals surface area contributed by atoms with Crippen LogP contribution in [0.5, 0.6) is 0 Å². The predicted octanol–water partition coefficient (Wildman–Crippen LogP) is 1.43.